The molecule has 0 unspecified atom stereocenters. The number of hydrogen-bond acceptors (Lipinski definition) is 9. The average molecular weight is 493 g/mol. The number of nitrogens with zero attached hydrogens (tertiary/aromatic N) is 7. The van der Waals surface area contributed by atoms with Crippen molar-refractivity contribution in [2.45, 2.75) is 62.7 Å². The summed E-state index contributed by atoms with van der Waals surface area (Å²) >= 11 is 0. The zero-order valence-corrected chi connectivity index (χ0v) is 20.6. The van der Waals surface area contributed by atoms with Crippen LogP contribution in [0.5, 0.6) is 5.75 Å². The molecule has 4 aromatic rings. The Morgan fingerprint density at radius 3 is 2.86 bits per heavy atom. The van der Waals surface area contributed by atoms with Gasteiger partial charge in [0.15, 0.2) is 11.5 Å². The molecule has 190 valence electrons. The molecule has 0 bridgehead atoms. The van der Waals surface area contributed by atoms with E-state index in [1.165, 1.54) is 0 Å². The number of aromatic nitrogens is 6. The van der Waals surface area contributed by atoms with Gasteiger partial charge in [0.1, 0.15) is 16.9 Å². The second kappa shape index (κ2) is 8.59. The molecule has 2 aliphatic rings. The van der Waals surface area contributed by atoms with Gasteiger partial charge >= 0.3 is 0 Å². The van der Waals surface area contributed by atoms with Crippen LogP contribution in [0.3, 0.4) is 0 Å². The SMILES string of the molecule is COc1cccc2c1nc(N)n1nc([C@@H]3CCCN(c4cnn([C@@H]5CCC[C@H](O)[C@@]5(C)O)c4)C3)nc21. The number of benzene rings is 1. The van der Waals surface area contributed by atoms with Gasteiger partial charge in [-0.1, -0.05) is 6.07 Å². The fourth-order valence-corrected chi connectivity index (χ4v) is 5.78. The molecule has 0 amide bonds. The molecule has 2 fully saturated rings. The number of nitrogen functional groups attached to an aromatic ring is 1. The fraction of sp³-hybridized carbons (Fsp3) is 0.520. The van der Waals surface area contributed by atoms with Gasteiger partial charge in [-0.3, -0.25) is 4.68 Å². The Morgan fingerprint density at radius 2 is 2.03 bits per heavy atom. The fourth-order valence-electron chi connectivity index (χ4n) is 5.78. The van der Waals surface area contributed by atoms with Gasteiger partial charge in [-0.15, -0.1) is 5.10 Å². The van der Waals surface area contributed by atoms with Gasteiger partial charge in [-0.2, -0.15) is 9.61 Å². The van der Waals surface area contributed by atoms with Crippen molar-refractivity contribution in [3.63, 3.8) is 0 Å². The van der Waals surface area contributed by atoms with Crippen LogP contribution < -0.4 is 15.4 Å². The van der Waals surface area contributed by atoms with Crippen molar-refractivity contribution < 1.29 is 14.9 Å². The largest absolute Gasteiger partial charge is 0.494 e. The number of hydrogen-bond donors (Lipinski definition) is 3. The summed E-state index contributed by atoms with van der Waals surface area (Å²) in [6.45, 7) is 3.36. The molecule has 3 aromatic heterocycles. The Balaban J connectivity index is 1.28. The molecule has 1 saturated heterocycles. The van der Waals surface area contributed by atoms with Crippen LogP contribution in [0, 0.1) is 0 Å². The third-order valence-electron chi connectivity index (χ3n) is 7.89. The van der Waals surface area contributed by atoms with Crippen LogP contribution in [0.2, 0.25) is 0 Å². The molecule has 11 heteroatoms. The van der Waals surface area contributed by atoms with E-state index in [9.17, 15) is 10.2 Å². The first-order valence-corrected chi connectivity index (χ1v) is 12.5. The molecule has 4 atom stereocenters. The molecule has 0 spiro atoms. The topological polar surface area (TPSA) is 140 Å². The lowest BCUT2D eigenvalue weighted by Crippen LogP contribution is -2.49. The van der Waals surface area contributed by atoms with E-state index in [1.54, 1.807) is 18.5 Å². The number of methoxy groups -OCH3 is 1. The van der Waals surface area contributed by atoms with Crippen LogP contribution in [0.15, 0.2) is 30.6 Å². The van der Waals surface area contributed by atoms with Crippen molar-refractivity contribution in [3.8, 4) is 5.75 Å². The van der Waals surface area contributed by atoms with Gasteiger partial charge in [0.05, 0.1) is 31.1 Å². The number of piperidine rings is 1. The molecule has 1 aliphatic carbocycles. The van der Waals surface area contributed by atoms with Crippen LogP contribution in [-0.4, -0.2) is 71.5 Å². The number of aliphatic hydroxyl groups is 2. The van der Waals surface area contributed by atoms with Gasteiger partial charge in [0.25, 0.3) is 0 Å². The molecule has 6 rings (SSSR count). The number of rotatable bonds is 4. The number of aliphatic hydroxyl groups excluding tert-OH is 1. The van der Waals surface area contributed by atoms with Gasteiger partial charge in [0.2, 0.25) is 5.95 Å². The highest BCUT2D eigenvalue weighted by Crippen LogP contribution is 2.38. The van der Waals surface area contributed by atoms with Gasteiger partial charge < -0.3 is 25.6 Å². The van der Waals surface area contributed by atoms with Crippen molar-refractivity contribution >= 4 is 28.2 Å². The minimum atomic E-state index is -1.20. The van der Waals surface area contributed by atoms with E-state index in [4.69, 9.17) is 20.6 Å². The second-order valence-corrected chi connectivity index (χ2v) is 10.2. The molecule has 11 nitrogen and oxygen atoms in total. The van der Waals surface area contributed by atoms with E-state index in [0.717, 1.165) is 55.7 Å². The van der Waals surface area contributed by atoms with Crippen LogP contribution >= 0.6 is 0 Å². The Bertz CT molecular complexity index is 1410. The molecule has 1 aliphatic heterocycles. The van der Waals surface area contributed by atoms with Crippen molar-refractivity contribution in [3.05, 3.63) is 36.4 Å². The second-order valence-electron chi connectivity index (χ2n) is 10.2. The molecule has 0 radical (unpaired) electrons. The minimum absolute atomic E-state index is 0.127. The van der Waals surface area contributed by atoms with Crippen molar-refractivity contribution in [2.24, 2.45) is 0 Å². The zero-order chi connectivity index (χ0) is 25.0. The Hall–Kier alpha value is -3.44. The summed E-state index contributed by atoms with van der Waals surface area (Å²) in [6, 6.07) is 5.47. The number of nitrogens with two attached hydrogens (primary N) is 1. The van der Waals surface area contributed by atoms with Crippen molar-refractivity contribution in [1.82, 2.24) is 29.4 Å². The van der Waals surface area contributed by atoms with Crippen LogP contribution in [-0.2, 0) is 0 Å². The normalized spacial score (nSPS) is 27.1. The Labute approximate surface area is 208 Å². The summed E-state index contributed by atoms with van der Waals surface area (Å²) in [5, 5.41) is 31.4. The summed E-state index contributed by atoms with van der Waals surface area (Å²) in [4.78, 5) is 11.7. The van der Waals surface area contributed by atoms with Crippen LogP contribution in [0.1, 0.15) is 56.8 Å². The first-order valence-electron chi connectivity index (χ1n) is 12.5. The van der Waals surface area contributed by atoms with E-state index in [-0.39, 0.29) is 17.9 Å². The third kappa shape index (κ3) is 3.65. The predicted molar refractivity (Wildman–Crippen MR) is 135 cm³/mol. The van der Waals surface area contributed by atoms with Gasteiger partial charge in [-0.25, -0.2) is 9.97 Å². The van der Waals surface area contributed by atoms with E-state index >= 15 is 0 Å². The standard InChI is InChI=1S/C25H32N8O3/c1-25(35)19(9-4-10-20(25)34)32-14-16(12-27-32)31-11-5-6-15(13-31)22-29-23-17-7-3-8-18(36-2)21(17)28-24(26)33(23)30-22/h3,7-8,12,14-15,19-20,34-35H,4-6,9-11,13H2,1-2H3,(H2,26,28)/t15-,19-,20+,25+/m1/s1. The van der Waals surface area contributed by atoms with Gasteiger partial charge in [0, 0.05) is 30.6 Å². The predicted octanol–water partition coefficient (Wildman–Crippen LogP) is 2.29. The van der Waals surface area contributed by atoms with E-state index < -0.39 is 11.7 Å². The molecule has 36 heavy (non-hydrogen) atoms. The number of anilines is 2. The molecule has 4 heterocycles. The monoisotopic (exact) mass is 492 g/mol. The van der Waals surface area contributed by atoms with Gasteiger partial charge in [-0.05, 0) is 51.2 Å². The maximum atomic E-state index is 10.9. The molecule has 1 aromatic carbocycles. The summed E-state index contributed by atoms with van der Waals surface area (Å²) < 4.78 is 8.89. The molecular weight excluding hydrogens is 460 g/mol. The quantitative estimate of drug-likeness (QED) is 0.391. The summed E-state index contributed by atoms with van der Waals surface area (Å²) in [7, 11) is 1.61. The van der Waals surface area contributed by atoms with Crippen molar-refractivity contribution in [1.29, 1.82) is 0 Å². The highest BCUT2D eigenvalue weighted by atomic mass is 16.5. The molecule has 4 N–H and O–H groups in total. The lowest BCUT2D eigenvalue weighted by Gasteiger charge is -2.41. The smallest absolute Gasteiger partial charge is 0.223 e. The Morgan fingerprint density at radius 1 is 1.17 bits per heavy atom. The lowest BCUT2D eigenvalue weighted by molar-refractivity contribution is -0.120. The summed E-state index contributed by atoms with van der Waals surface area (Å²) in [5.74, 6) is 1.80. The van der Waals surface area contributed by atoms with Crippen molar-refractivity contribution in [2.75, 3.05) is 30.8 Å². The highest BCUT2D eigenvalue weighted by molar-refractivity contribution is 5.95. The van der Waals surface area contributed by atoms with E-state index in [2.05, 4.69) is 15.0 Å². The average Bonchev–Trinajstić information content (AvgIpc) is 3.54. The van der Waals surface area contributed by atoms with Crippen LogP contribution in [0.25, 0.3) is 16.6 Å². The number of ether oxygens (including phenoxy) is 1. The number of fused-ring (bicyclic) bond motifs is 3. The lowest BCUT2D eigenvalue weighted by atomic mass is 9.79. The summed E-state index contributed by atoms with van der Waals surface area (Å²) in [5.41, 5.74) is 7.39. The van der Waals surface area contributed by atoms with Crippen LogP contribution in [0.4, 0.5) is 11.6 Å². The van der Waals surface area contributed by atoms with E-state index in [1.807, 2.05) is 35.3 Å². The minimum Gasteiger partial charge on any atom is -0.494 e. The Kier molecular flexibility index (Phi) is 5.49. The maximum absolute atomic E-state index is 10.9. The first kappa shape index (κ1) is 23.0. The van der Waals surface area contributed by atoms with E-state index in [0.29, 0.717) is 23.3 Å². The highest BCUT2D eigenvalue weighted by Gasteiger charge is 2.43. The third-order valence-corrected chi connectivity index (χ3v) is 7.89. The maximum Gasteiger partial charge on any atom is 0.223 e. The summed E-state index contributed by atoms with van der Waals surface area (Å²) in [6.07, 6.45) is 7.31. The zero-order valence-electron chi connectivity index (χ0n) is 20.6. The molecule has 1 saturated carbocycles. The first-order chi connectivity index (χ1) is 17.4. The number of para-hydroxylation sites is 1. The molecular formula is C25H32N8O3.